The standard InChI is InChI=1S/C67H122O6/c1-4-7-10-13-16-19-21-23-25-27-29-30-31-32-33-34-35-36-37-38-39-41-42-44-46-48-51-54-57-60-66(69)72-63-64(62-71-65(68)59-56-53-50-18-15-12-9-6-3)73-67(70)61-58-55-52-49-47-45-43-40-28-26-24-22-20-17-14-11-8-5-2/h20-23,26-29,64H,4-19,24-25,30-63H2,1-3H3/b22-20-,23-21-,28-26-,29-27-. The second-order valence-electron chi connectivity index (χ2n) is 21.7. The van der Waals surface area contributed by atoms with Crippen LogP contribution in [-0.4, -0.2) is 37.2 Å². The molecular formula is C67H122O6. The van der Waals surface area contributed by atoms with Crippen LogP contribution in [0.4, 0.5) is 0 Å². The van der Waals surface area contributed by atoms with Crippen molar-refractivity contribution in [1.29, 1.82) is 0 Å². The molecule has 0 fully saturated rings. The van der Waals surface area contributed by atoms with E-state index in [1.165, 1.54) is 225 Å². The second kappa shape index (κ2) is 61.9. The van der Waals surface area contributed by atoms with Crippen LogP contribution in [-0.2, 0) is 28.6 Å². The van der Waals surface area contributed by atoms with Crippen LogP contribution in [0.1, 0.15) is 342 Å². The molecule has 0 aromatic carbocycles. The van der Waals surface area contributed by atoms with Crippen molar-refractivity contribution in [1.82, 2.24) is 0 Å². The van der Waals surface area contributed by atoms with Crippen molar-refractivity contribution in [2.75, 3.05) is 13.2 Å². The van der Waals surface area contributed by atoms with Crippen molar-refractivity contribution >= 4 is 17.9 Å². The van der Waals surface area contributed by atoms with E-state index in [0.29, 0.717) is 19.3 Å². The summed E-state index contributed by atoms with van der Waals surface area (Å²) in [6.45, 7) is 6.62. The lowest BCUT2D eigenvalue weighted by atomic mass is 10.0. The normalized spacial score (nSPS) is 12.3. The Morgan fingerprint density at radius 1 is 0.274 bits per heavy atom. The lowest BCUT2D eigenvalue weighted by Crippen LogP contribution is -2.30. The number of hydrogen-bond donors (Lipinski definition) is 0. The Labute approximate surface area is 454 Å². The van der Waals surface area contributed by atoms with E-state index in [2.05, 4.69) is 69.4 Å². The molecule has 0 N–H and O–H groups in total. The molecule has 0 saturated heterocycles. The topological polar surface area (TPSA) is 78.9 Å². The van der Waals surface area contributed by atoms with Gasteiger partial charge in [0.15, 0.2) is 6.10 Å². The summed E-state index contributed by atoms with van der Waals surface area (Å²) in [5.74, 6) is -0.867. The van der Waals surface area contributed by atoms with Crippen LogP contribution in [0, 0.1) is 0 Å². The van der Waals surface area contributed by atoms with E-state index in [0.717, 1.165) is 77.0 Å². The van der Waals surface area contributed by atoms with Crippen molar-refractivity contribution in [3.8, 4) is 0 Å². The highest BCUT2D eigenvalue weighted by Gasteiger charge is 2.19. The van der Waals surface area contributed by atoms with Crippen molar-refractivity contribution in [2.45, 2.75) is 348 Å². The Balaban J connectivity index is 4.09. The Morgan fingerprint density at radius 3 is 0.767 bits per heavy atom. The summed E-state index contributed by atoms with van der Waals surface area (Å²) >= 11 is 0. The molecule has 0 spiro atoms. The highest BCUT2D eigenvalue weighted by molar-refractivity contribution is 5.71. The number of hydrogen-bond acceptors (Lipinski definition) is 6. The highest BCUT2D eigenvalue weighted by atomic mass is 16.6. The van der Waals surface area contributed by atoms with E-state index in [1.54, 1.807) is 0 Å². The Morgan fingerprint density at radius 2 is 0.493 bits per heavy atom. The molecule has 0 aliphatic carbocycles. The zero-order valence-corrected chi connectivity index (χ0v) is 48.9. The van der Waals surface area contributed by atoms with Gasteiger partial charge < -0.3 is 14.2 Å². The molecule has 426 valence electrons. The van der Waals surface area contributed by atoms with Gasteiger partial charge in [-0.25, -0.2) is 0 Å². The van der Waals surface area contributed by atoms with Crippen LogP contribution in [0.5, 0.6) is 0 Å². The number of ether oxygens (including phenoxy) is 3. The molecule has 1 atom stereocenters. The van der Waals surface area contributed by atoms with Crippen LogP contribution in [0.3, 0.4) is 0 Å². The minimum atomic E-state index is -0.773. The number of esters is 3. The van der Waals surface area contributed by atoms with E-state index >= 15 is 0 Å². The second-order valence-corrected chi connectivity index (χ2v) is 21.7. The summed E-state index contributed by atoms with van der Waals surface area (Å²) in [4.78, 5) is 38.1. The van der Waals surface area contributed by atoms with E-state index < -0.39 is 6.10 Å². The number of unbranched alkanes of at least 4 members (excludes halogenated alkanes) is 40. The lowest BCUT2D eigenvalue weighted by Gasteiger charge is -2.18. The molecule has 6 nitrogen and oxygen atoms in total. The maximum Gasteiger partial charge on any atom is 0.306 e. The van der Waals surface area contributed by atoms with Gasteiger partial charge in [0.2, 0.25) is 0 Å². The van der Waals surface area contributed by atoms with Gasteiger partial charge in [-0.1, -0.05) is 288 Å². The van der Waals surface area contributed by atoms with Gasteiger partial charge >= 0.3 is 17.9 Å². The van der Waals surface area contributed by atoms with Crippen LogP contribution in [0.25, 0.3) is 0 Å². The van der Waals surface area contributed by atoms with Crippen molar-refractivity contribution in [3.63, 3.8) is 0 Å². The third-order valence-electron chi connectivity index (χ3n) is 14.3. The number of allylic oxidation sites excluding steroid dienone is 8. The average molecular weight is 1020 g/mol. The monoisotopic (exact) mass is 1020 g/mol. The third kappa shape index (κ3) is 60.1. The van der Waals surface area contributed by atoms with Crippen LogP contribution < -0.4 is 0 Å². The molecule has 0 heterocycles. The fourth-order valence-electron chi connectivity index (χ4n) is 9.45. The molecule has 0 aromatic heterocycles. The fraction of sp³-hybridized carbons (Fsp3) is 0.836. The molecule has 0 aromatic rings. The first-order chi connectivity index (χ1) is 36.0. The molecule has 0 rings (SSSR count). The third-order valence-corrected chi connectivity index (χ3v) is 14.3. The van der Waals surface area contributed by atoms with E-state index in [-0.39, 0.29) is 31.1 Å². The maximum absolute atomic E-state index is 12.8. The largest absolute Gasteiger partial charge is 0.462 e. The molecule has 0 aliphatic heterocycles. The van der Waals surface area contributed by atoms with Gasteiger partial charge in [-0.05, 0) is 83.5 Å². The first-order valence-corrected chi connectivity index (χ1v) is 32.1. The molecule has 0 radical (unpaired) electrons. The Kier molecular flexibility index (Phi) is 59.7. The quantitative estimate of drug-likeness (QED) is 0.0261. The van der Waals surface area contributed by atoms with Crippen LogP contribution in [0.2, 0.25) is 0 Å². The van der Waals surface area contributed by atoms with Crippen molar-refractivity contribution in [2.24, 2.45) is 0 Å². The summed E-state index contributed by atoms with van der Waals surface area (Å²) in [6.07, 6.45) is 77.1. The minimum Gasteiger partial charge on any atom is -0.462 e. The van der Waals surface area contributed by atoms with Gasteiger partial charge in [-0.2, -0.15) is 0 Å². The smallest absolute Gasteiger partial charge is 0.306 e. The van der Waals surface area contributed by atoms with Crippen LogP contribution >= 0.6 is 0 Å². The molecule has 73 heavy (non-hydrogen) atoms. The van der Waals surface area contributed by atoms with E-state index in [4.69, 9.17) is 14.2 Å². The summed E-state index contributed by atoms with van der Waals surface area (Å²) < 4.78 is 16.9. The zero-order valence-electron chi connectivity index (χ0n) is 48.9. The van der Waals surface area contributed by atoms with Crippen LogP contribution in [0.15, 0.2) is 48.6 Å². The minimum absolute atomic E-state index is 0.0725. The average Bonchev–Trinajstić information content (AvgIpc) is 3.39. The van der Waals surface area contributed by atoms with Gasteiger partial charge in [0, 0.05) is 19.3 Å². The maximum atomic E-state index is 12.8. The van der Waals surface area contributed by atoms with Gasteiger partial charge in [-0.3, -0.25) is 14.4 Å². The van der Waals surface area contributed by atoms with E-state index in [1.807, 2.05) is 0 Å². The van der Waals surface area contributed by atoms with Crippen molar-refractivity contribution in [3.05, 3.63) is 48.6 Å². The highest BCUT2D eigenvalue weighted by Crippen LogP contribution is 2.17. The van der Waals surface area contributed by atoms with Crippen molar-refractivity contribution < 1.29 is 28.6 Å². The summed E-state index contributed by atoms with van der Waals surface area (Å²) in [5.41, 5.74) is 0. The number of carbonyl (C=O) groups excluding carboxylic acids is 3. The first kappa shape index (κ1) is 70.4. The molecule has 0 amide bonds. The fourth-order valence-corrected chi connectivity index (χ4v) is 9.45. The number of rotatable bonds is 59. The molecule has 6 heteroatoms. The summed E-state index contributed by atoms with van der Waals surface area (Å²) in [6, 6.07) is 0. The predicted molar refractivity (Wildman–Crippen MR) is 316 cm³/mol. The molecule has 1 unspecified atom stereocenters. The predicted octanol–water partition coefficient (Wildman–Crippen LogP) is 21.8. The van der Waals surface area contributed by atoms with Gasteiger partial charge in [0.25, 0.3) is 0 Å². The Bertz CT molecular complexity index is 1270. The Hall–Kier alpha value is -2.63. The molecule has 0 saturated carbocycles. The van der Waals surface area contributed by atoms with Gasteiger partial charge in [0.1, 0.15) is 13.2 Å². The molecule has 0 aliphatic rings. The lowest BCUT2D eigenvalue weighted by molar-refractivity contribution is -0.167. The van der Waals surface area contributed by atoms with Gasteiger partial charge in [0.05, 0.1) is 0 Å². The zero-order chi connectivity index (χ0) is 52.9. The SMILES string of the molecule is CCCCCC/C=C\C/C=C\CCCCCCCCCC(=O)OC(COC(=O)CCCCCCCCCC)COC(=O)CCCCCCCCCCCCCCCCCCC/C=C\C/C=C\CCCCCCC. The van der Waals surface area contributed by atoms with E-state index in [9.17, 15) is 14.4 Å². The van der Waals surface area contributed by atoms with Gasteiger partial charge in [-0.15, -0.1) is 0 Å². The first-order valence-electron chi connectivity index (χ1n) is 32.1. The summed E-state index contributed by atoms with van der Waals surface area (Å²) in [5, 5.41) is 0. The number of carbonyl (C=O) groups is 3. The molecule has 0 bridgehead atoms. The summed E-state index contributed by atoms with van der Waals surface area (Å²) in [7, 11) is 0. The molecular weight excluding hydrogens is 901 g/mol.